The molecule has 1 saturated carbocycles. The normalized spacial score (nSPS) is 28.0. The van der Waals surface area contributed by atoms with Gasteiger partial charge in [-0.05, 0) is 43.4 Å². The third kappa shape index (κ3) is 3.26. The molecule has 1 saturated heterocycles. The Kier molecular flexibility index (Phi) is 4.04. The van der Waals surface area contributed by atoms with Gasteiger partial charge in [-0.1, -0.05) is 39.7 Å². The Morgan fingerprint density at radius 1 is 1.11 bits per heavy atom. The number of benzene rings is 1. The van der Waals surface area contributed by atoms with Gasteiger partial charge in [0.2, 0.25) is 0 Å². The molecule has 0 radical (unpaired) electrons. The molecule has 0 aromatic heterocycles. The number of nitrogens with zero attached hydrogens (tertiary/aromatic N) is 1. The van der Waals surface area contributed by atoms with Gasteiger partial charge in [-0.2, -0.15) is 0 Å². The first-order chi connectivity index (χ1) is 9.20. The van der Waals surface area contributed by atoms with Crippen LogP contribution in [0.15, 0.2) is 34.3 Å². The van der Waals surface area contributed by atoms with Gasteiger partial charge in [0, 0.05) is 23.6 Å². The van der Waals surface area contributed by atoms with E-state index < -0.39 is 6.17 Å². The maximum absolute atomic E-state index is 12.9. The highest BCUT2D eigenvalue weighted by molar-refractivity contribution is 9.10. The lowest BCUT2D eigenvalue weighted by molar-refractivity contribution is 0.0491. The minimum absolute atomic E-state index is 0.518. The van der Waals surface area contributed by atoms with E-state index >= 15 is 0 Å². The van der Waals surface area contributed by atoms with Gasteiger partial charge in [-0.15, -0.1) is 0 Å². The molecular formula is C16H19BrFN. The second-order valence-electron chi connectivity index (χ2n) is 5.61. The van der Waals surface area contributed by atoms with Crippen molar-refractivity contribution < 1.29 is 4.39 Å². The number of alkyl halides is 1. The summed E-state index contributed by atoms with van der Waals surface area (Å²) in [5.74, 6) is 0. The predicted molar refractivity (Wildman–Crippen MR) is 80.8 cm³/mol. The van der Waals surface area contributed by atoms with E-state index in [0.717, 1.165) is 43.2 Å². The summed E-state index contributed by atoms with van der Waals surface area (Å²) in [4.78, 5) is 2.47. The summed E-state index contributed by atoms with van der Waals surface area (Å²) < 4.78 is 14.0. The van der Waals surface area contributed by atoms with Crippen molar-refractivity contribution in [1.82, 2.24) is 4.90 Å². The van der Waals surface area contributed by atoms with E-state index in [1.165, 1.54) is 11.1 Å². The van der Waals surface area contributed by atoms with Crippen molar-refractivity contribution in [2.24, 2.45) is 0 Å². The van der Waals surface area contributed by atoms with Gasteiger partial charge in [-0.25, -0.2) is 4.39 Å². The van der Waals surface area contributed by atoms with Crippen LogP contribution in [0.4, 0.5) is 4.39 Å². The number of hydrogen-bond donors (Lipinski definition) is 0. The number of likely N-dealkylation sites (tertiary alicyclic amines) is 1. The molecule has 0 bridgehead atoms. The zero-order valence-corrected chi connectivity index (χ0v) is 12.6. The quantitative estimate of drug-likeness (QED) is 0.778. The minimum Gasteiger partial charge on any atom is -0.300 e. The standard InChI is InChI=1S/C16H19BrFN/c17-14-3-1-12(2-4-14)9-13-5-7-19(8-6-13)16-10-15(18)11-16/h1-4,9,15-16H,5-8,10-11H2. The first-order valence-electron chi connectivity index (χ1n) is 7.04. The largest absolute Gasteiger partial charge is 0.300 e. The Hall–Kier alpha value is -0.670. The molecule has 0 amide bonds. The molecule has 3 rings (SSSR count). The van der Waals surface area contributed by atoms with Gasteiger partial charge in [-0.3, -0.25) is 4.90 Å². The van der Waals surface area contributed by atoms with Crippen molar-refractivity contribution in [3.8, 4) is 0 Å². The highest BCUT2D eigenvalue weighted by Crippen LogP contribution is 2.31. The third-order valence-electron chi connectivity index (χ3n) is 4.25. The average molecular weight is 324 g/mol. The highest BCUT2D eigenvalue weighted by Gasteiger charge is 2.34. The molecule has 1 aliphatic heterocycles. The van der Waals surface area contributed by atoms with E-state index in [1.807, 2.05) is 0 Å². The van der Waals surface area contributed by atoms with Crippen LogP contribution in [0, 0.1) is 0 Å². The van der Waals surface area contributed by atoms with Crippen molar-refractivity contribution in [2.45, 2.75) is 37.9 Å². The molecule has 1 aromatic rings. The van der Waals surface area contributed by atoms with Crippen LogP contribution in [0.5, 0.6) is 0 Å². The van der Waals surface area contributed by atoms with E-state index in [1.54, 1.807) is 0 Å². The molecule has 3 heteroatoms. The van der Waals surface area contributed by atoms with Crippen LogP contribution in [0.1, 0.15) is 31.2 Å². The fraction of sp³-hybridized carbons (Fsp3) is 0.500. The van der Waals surface area contributed by atoms with Crippen molar-refractivity contribution in [2.75, 3.05) is 13.1 Å². The van der Waals surface area contributed by atoms with Crippen LogP contribution in [0.25, 0.3) is 6.08 Å². The zero-order valence-electron chi connectivity index (χ0n) is 11.0. The molecule has 0 N–H and O–H groups in total. The van der Waals surface area contributed by atoms with E-state index in [4.69, 9.17) is 0 Å². The van der Waals surface area contributed by atoms with E-state index in [-0.39, 0.29) is 0 Å². The lowest BCUT2D eigenvalue weighted by Gasteiger charge is -2.42. The number of halogens is 2. The molecule has 1 nitrogen and oxygen atoms in total. The van der Waals surface area contributed by atoms with Gasteiger partial charge in [0.15, 0.2) is 0 Å². The fourth-order valence-corrected chi connectivity index (χ4v) is 3.20. The zero-order chi connectivity index (χ0) is 13.2. The van der Waals surface area contributed by atoms with Gasteiger partial charge < -0.3 is 0 Å². The molecule has 1 aliphatic carbocycles. The maximum Gasteiger partial charge on any atom is 0.103 e. The Morgan fingerprint density at radius 3 is 2.32 bits per heavy atom. The highest BCUT2D eigenvalue weighted by atomic mass is 79.9. The lowest BCUT2D eigenvalue weighted by atomic mass is 9.87. The van der Waals surface area contributed by atoms with Crippen molar-refractivity contribution in [3.05, 3.63) is 39.9 Å². The molecule has 2 aliphatic rings. The van der Waals surface area contributed by atoms with Gasteiger partial charge in [0.1, 0.15) is 6.17 Å². The molecule has 102 valence electrons. The molecule has 2 fully saturated rings. The second kappa shape index (κ2) is 5.76. The molecule has 19 heavy (non-hydrogen) atoms. The first kappa shape index (κ1) is 13.3. The van der Waals surface area contributed by atoms with Gasteiger partial charge in [0.05, 0.1) is 0 Å². The summed E-state index contributed by atoms with van der Waals surface area (Å²) in [7, 11) is 0. The Morgan fingerprint density at radius 2 is 1.74 bits per heavy atom. The van der Waals surface area contributed by atoms with Gasteiger partial charge in [0.25, 0.3) is 0 Å². The fourth-order valence-electron chi connectivity index (χ4n) is 2.93. The SMILES string of the molecule is FC1CC(N2CCC(=Cc3ccc(Br)cc3)CC2)C1. The van der Waals surface area contributed by atoms with Crippen molar-refractivity contribution in [3.63, 3.8) is 0 Å². The number of piperidine rings is 1. The summed E-state index contributed by atoms with van der Waals surface area (Å²) in [6.07, 6.45) is 5.54. The minimum atomic E-state index is -0.537. The Bertz CT molecular complexity index is 452. The predicted octanol–water partition coefficient (Wildman–Crippen LogP) is 4.43. The third-order valence-corrected chi connectivity index (χ3v) is 4.78. The van der Waals surface area contributed by atoms with Crippen molar-refractivity contribution in [1.29, 1.82) is 0 Å². The van der Waals surface area contributed by atoms with Crippen LogP contribution in [0.2, 0.25) is 0 Å². The van der Waals surface area contributed by atoms with Crippen LogP contribution in [-0.4, -0.2) is 30.2 Å². The molecule has 1 heterocycles. The van der Waals surface area contributed by atoms with Crippen LogP contribution >= 0.6 is 15.9 Å². The monoisotopic (exact) mass is 323 g/mol. The smallest absolute Gasteiger partial charge is 0.103 e. The average Bonchev–Trinajstić information content (AvgIpc) is 2.39. The Labute approximate surface area is 122 Å². The maximum atomic E-state index is 12.9. The molecule has 0 spiro atoms. The molecular weight excluding hydrogens is 305 g/mol. The number of rotatable bonds is 2. The molecule has 1 aromatic carbocycles. The Balaban J connectivity index is 1.56. The van der Waals surface area contributed by atoms with Crippen LogP contribution < -0.4 is 0 Å². The van der Waals surface area contributed by atoms with E-state index in [2.05, 4.69) is 51.2 Å². The summed E-state index contributed by atoms with van der Waals surface area (Å²) in [5.41, 5.74) is 2.80. The summed E-state index contributed by atoms with van der Waals surface area (Å²) >= 11 is 3.46. The summed E-state index contributed by atoms with van der Waals surface area (Å²) in [5, 5.41) is 0. The van der Waals surface area contributed by atoms with Crippen LogP contribution in [-0.2, 0) is 0 Å². The molecule has 0 unspecified atom stereocenters. The van der Waals surface area contributed by atoms with Gasteiger partial charge >= 0.3 is 0 Å². The molecule has 0 atom stereocenters. The van der Waals surface area contributed by atoms with E-state index in [9.17, 15) is 4.39 Å². The topological polar surface area (TPSA) is 3.24 Å². The first-order valence-corrected chi connectivity index (χ1v) is 7.83. The second-order valence-corrected chi connectivity index (χ2v) is 6.53. The number of hydrogen-bond acceptors (Lipinski definition) is 1. The van der Waals surface area contributed by atoms with E-state index in [0.29, 0.717) is 6.04 Å². The summed E-state index contributed by atoms with van der Waals surface area (Å²) in [6, 6.07) is 8.96. The summed E-state index contributed by atoms with van der Waals surface area (Å²) in [6.45, 7) is 2.19. The van der Waals surface area contributed by atoms with Crippen molar-refractivity contribution >= 4 is 22.0 Å². The lowest BCUT2D eigenvalue weighted by Crippen LogP contribution is -2.48. The van der Waals surface area contributed by atoms with Crippen LogP contribution in [0.3, 0.4) is 0 Å².